The molecule has 2 unspecified atom stereocenters. The molecule has 0 radical (unpaired) electrons. The van der Waals surface area contributed by atoms with Gasteiger partial charge in [0.25, 0.3) is 0 Å². The summed E-state index contributed by atoms with van der Waals surface area (Å²) < 4.78 is 0. The molecular weight excluding hydrogens is 252 g/mol. The monoisotopic (exact) mass is 278 g/mol. The predicted octanol–water partition coefficient (Wildman–Crippen LogP) is 1.58. The Morgan fingerprint density at radius 3 is 2.50 bits per heavy atom. The summed E-state index contributed by atoms with van der Waals surface area (Å²) in [6.07, 6.45) is -0.482. The van der Waals surface area contributed by atoms with Crippen LogP contribution < -0.4 is 5.32 Å². The van der Waals surface area contributed by atoms with E-state index in [0.717, 1.165) is 49.4 Å². The second-order valence-electron chi connectivity index (χ2n) is 5.90. The third-order valence-electron chi connectivity index (χ3n) is 4.41. The van der Waals surface area contributed by atoms with Crippen LogP contribution in [0.4, 0.5) is 0 Å². The second kappa shape index (κ2) is 6.57. The average Bonchev–Trinajstić information content (AvgIpc) is 2.45. The zero-order chi connectivity index (χ0) is 14.7. The van der Waals surface area contributed by atoms with Crippen molar-refractivity contribution in [2.24, 2.45) is 5.92 Å². The molecule has 1 aliphatic rings. The topological polar surface area (TPSA) is 55.7 Å². The van der Waals surface area contributed by atoms with Crippen LogP contribution in [0, 0.1) is 19.8 Å². The van der Waals surface area contributed by atoms with Crippen LogP contribution in [0.5, 0.6) is 5.75 Å². The van der Waals surface area contributed by atoms with E-state index in [1.807, 2.05) is 19.9 Å². The summed E-state index contributed by atoms with van der Waals surface area (Å²) in [4.78, 5) is 2.40. The molecule has 4 nitrogen and oxygen atoms in total. The van der Waals surface area contributed by atoms with Crippen molar-refractivity contribution in [3.8, 4) is 5.75 Å². The summed E-state index contributed by atoms with van der Waals surface area (Å²) in [5.41, 5.74) is 2.78. The summed E-state index contributed by atoms with van der Waals surface area (Å²) in [5, 5.41) is 23.6. The lowest BCUT2D eigenvalue weighted by Gasteiger charge is -2.32. The summed E-state index contributed by atoms with van der Waals surface area (Å²) >= 11 is 0. The molecule has 112 valence electrons. The number of rotatable bonds is 4. The summed E-state index contributed by atoms with van der Waals surface area (Å²) in [5.74, 6) is 0.476. The number of aliphatic hydroxyl groups is 1. The number of piperazine rings is 1. The SMILES string of the molecule is Cc1c(O)ccc(C(O)C(C)CN2CCNCC2)c1C. The van der Waals surface area contributed by atoms with Crippen LogP contribution in [0.3, 0.4) is 0 Å². The van der Waals surface area contributed by atoms with Gasteiger partial charge in [-0.15, -0.1) is 0 Å². The summed E-state index contributed by atoms with van der Waals surface area (Å²) in [7, 11) is 0. The molecule has 1 aromatic rings. The van der Waals surface area contributed by atoms with E-state index < -0.39 is 6.10 Å². The molecule has 1 aliphatic heterocycles. The fourth-order valence-corrected chi connectivity index (χ4v) is 2.86. The number of aromatic hydroxyl groups is 1. The molecule has 0 aliphatic carbocycles. The Morgan fingerprint density at radius 2 is 1.85 bits per heavy atom. The lowest BCUT2D eigenvalue weighted by molar-refractivity contribution is 0.0837. The summed E-state index contributed by atoms with van der Waals surface area (Å²) in [6.45, 7) is 11.0. The Kier molecular flexibility index (Phi) is 5.02. The van der Waals surface area contributed by atoms with Crippen molar-refractivity contribution in [3.05, 3.63) is 28.8 Å². The maximum atomic E-state index is 10.6. The lowest BCUT2D eigenvalue weighted by atomic mass is 9.91. The van der Waals surface area contributed by atoms with E-state index in [4.69, 9.17) is 0 Å². The van der Waals surface area contributed by atoms with Crippen LogP contribution in [-0.2, 0) is 0 Å². The molecule has 0 aromatic heterocycles. The van der Waals surface area contributed by atoms with Gasteiger partial charge in [-0.2, -0.15) is 0 Å². The zero-order valence-electron chi connectivity index (χ0n) is 12.7. The molecule has 2 rings (SSSR count). The number of nitrogens with one attached hydrogen (secondary N) is 1. The second-order valence-corrected chi connectivity index (χ2v) is 5.90. The number of phenolic OH excluding ortho intramolecular Hbond substituents is 1. The maximum Gasteiger partial charge on any atom is 0.118 e. The first-order valence-corrected chi connectivity index (χ1v) is 7.41. The van der Waals surface area contributed by atoms with Crippen molar-refractivity contribution < 1.29 is 10.2 Å². The number of hydrogen-bond acceptors (Lipinski definition) is 4. The van der Waals surface area contributed by atoms with Gasteiger partial charge in [-0.3, -0.25) is 0 Å². The fourth-order valence-electron chi connectivity index (χ4n) is 2.86. The van der Waals surface area contributed by atoms with Crippen LogP contribution in [0.1, 0.15) is 29.7 Å². The molecule has 1 aromatic carbocycles. The van der Waals surface area contributed by atoms with Gasteiger partial charge in [0.2, 0.25) is 0 Å². The van der Waals surface area contributed by atoms with Crippen LogP contribution in [0.15, 0.2) is 12.1 Å². The lowest BCUT2D eigenvalue weighted by Crippen LogP contribution is -2.45. The van der Waals surface area contributed by atoms with Gasteiger partial charge >= 0.3 is 0 Å². The third-order valence-corrected chi connectivity index (χ3v) is 4.41. The van der Waals surface area contributed by atoms with E-state index in [1.165, 1.54) is 0 Å². The largest absolute Gasteiger partial charge is 0.508 e. The highest BCUT2D eigenvalue weighted by molar-refractivity contribution is 5.43. The Hall–Kier alpha value is -1.10. The van der Waals surface area contributed by atoms with Gasteiger partial charge in [0.1, 0.15) is 5.75 Å². The predicted molar refractivity (Wildman–Crippen MR) is 81.0 cm³/mol. The van der Waals surface area contributed by atoms with Crippen molar-refractivity contribution >= 4 is 0 Å². The van der Waals surface area contributed by atoms with E-state index in [9.17, 15) is 10.2 Å². The van der Waals surface area contributed by atoms with Crippen LogP contribution in [0.25, 0.3) is 0 Å². The number of hydrogen-bond donors (Lipinski definition) is 3. The highest BCUT2D eigenvalue weighted by Gasteiger charge is 2.22. The van der Waals surface area contributed by atoms with Crippen molar-refractivity contribution in [1.29, 1.82) is 0 Å². The van der Waals surface area contributed by atoms with Gasteiger partial charge in [0, 0.05) is 32.7 Å². The minimum atomic E-state index is -0.482. The van der Waals surface area contributed by atoms with Gasteiger partial charge in [-0.1, -0.05) is 13.0 Å². The van der Waals surface area contributed by atoms with Crippen molar-refractivity contribution in [1.82, 2.24) is 10.2 Å². The maximum absolute atomic E-state index is 10.6. The molecule has 4 heteroatoms. The number of benzene rings is 1. The third kappa shape index (κ3) is 3.32. The molecule has 3 N–H and O–H groups in total. The first-order valence-electron chi connectivity index (χ1n) is 7.41. The fraction of sp³-hybridized carbons (Fsp3) is 0.625. The van der Waals surface area contributed by atoms with Gasteiger partial charge < -0.3 is 20.4 Å². The van der Waals surface area contributed by atoms with Gasteiger partial charge in [0.05, 0.1) is 6.10 Å². The molecule has 2 atom stereocenters. The van der Waals surface area contributed by atoms with Crippen molar-refractivity contribution in [2.45, 2.75) is 26.9 Å². The number of phenols is 1. The first-order chi connectivity index (χ1) is 9.50. The quantitative estimate of drug-likeness (QED) is 0.783. The Morgan fingerprint density at radius 1 is 1.20 bits per heavy atom. The van der Waals surface area contributed by atoms with Gasteiger partial charge in [-0.25, -0.2) is 0 Å². The smallest absolute Gasteiger partial charge is 0.118 e. The number of nitrogens with zero attached hydrogens (tertiary/aromatic N) is 1. The minimum absolute atomic E-state index is 0.177. The Bertz CT molecular complexity index is 456. The first kappa shape index (κ1) is 15.3. The van der Waals surface area contributed by atoms with E-state index in [1.54, 1.807) is 6.07 Å². The standard InChI is InChI=1S/C16H26N2O2/c1-11(10-18-8-6-17-7-9-18)16(20)14-4-5-15(19)13(3)12(14)2/h4-5,11,16-17,19-20H,6-10H2,1-3H3. The molecule has 0 saturated carbocycles. The van der Waals surface area contributed by atoms with E-state index in [-0.39, 0.29) is 5.92 Å². The van der Waals surface area contributed by atoms with E-state index in [2.05, 4.69) is 17.1 Å². The molecular formula is C16H26N2O2. The average molecular weight is 278 g/mol. The van der Waals surface area contributed by atoms with Crippen molar-refractivity contribution in [3.63, 3.8) is 0 Å². The minimum Gasteiger partial charge on any atom is -0.508 e. The van der Waals surface area contributed by atoms with Crippen LogP contribution in [0.2, 0.25) is 0 Å². The molecule has 0 bridgehead atoms. The molecule has 0 amide bonds. The number of aliphatic hydroxyl groups excluding tert-OH is 1. The van der Waals surface area contributed by atoms with Crippen molar-refractivity contribution in [2.75, 3.05) is 32.7 Å². The zero-order valence-corrected chi connectivity index (χ0v) is 12.7. The highest BCUT2D eigenvalue weighted by Crippen LogP contribution is 2.30. The van der Waals surface area contributed by atoms with Gasteiger partial charge in [-0.05, 0) is 42.5 Å². The molecule has 20 heavy (non-hydrogen) atoms. The Balaban J connectivity index is 2.06. The molecule has 1 fully saturated rings. The van der Waals surface area contributed by atoms with E-state index in [0.29, 0.717) is 5.75 Å². The molecule has 1 saturated heterocycles. The highest BCUT2D eigenvalue weighted by atomic mass is 16.3. The normalized spacial score (nSPS) is 19.8. The van der Waals surface area contributed by atoms with E-state index >= 15 is 0 Å². The summed E-state index contributed by atoms with van der Waals surface area (Å²) in [6, 6.07) is 3.52. The van der Waals surface area contributed by atoms with Crippen LogP contribution >= 0.6 is 0 Å². The van der Waals surface area contributed by atoms with Crippen LogP contribution in [-0.4, -0.2) is 47.8 Å². The molecule has 1 heterocycles. The Labute approximate surface area is 121 Å². The molecule has 0 spiro atoms. The van der Waals surface area contributed by atoms with Gasteiger partial charge in [0.15, 0.2) is 0 Å².